The van der Waals surface area contributed by atoms with Gasteiger partial charge in [0.1, 0.15) is 0 Å². The molecule has 1 saturated heterocycles. The SMILES string of the molecule is O=C([O-])C[C@@H]1S/C(=N/N=C\c2cccc([N+](=O)[O-])c2)NC1=O. The minimum absolute atomic E-state index is 0.0748. The fourth-order valence-electron chi connectivity index (χ4n) is 1.60. The number of benzene rings is 1. The van der Waals surface area contributed by atoms with E-state index in [1.165, 1.54) is 24.4 Å². The third kappa shape index (κ3) is 4.12. The van der Waals surface area contributed by atoms with Gasteiger partial charge in [-0.3, -0.25) is 14.9 Å². The van der Waals surface area contributed by atoms with E-state index >= 15 is 0 Å². The van der Waals surface area contributed by atoms with E-state index in [0.29, 0.717) is 5.56 Å². The van der Waals surface area contributed by atoms with Crippen LogP contribution in [-0.2, 0) is 9.59 Å². The van der Waals surface area contributed by atoms with E-state index in [0.717, 1.165) is 11.8 Å². The van der Waals surface area contributed by atoms with Crippen LogP contribution in [0.2, 0.25) is 0 Å². The number of rotatable bonds is 5. The smallest absolute Gasteiger partial charge is 0.270 e. The first kappa shape index (κ1) is 15.6. The molecule has 1 aromatic rings. The van der Waals surface area contributed by atoms with Crippen molar-refractivity contribution in [3.63, 3.8) is 0 Å². The van der Waals surface area contributed by atoms with E-state index in [1.54, 1.807) is 6.07 Å². The Morgan fingerprint density at radius 1 is 1.50 bits per heavy atom. The van der Waals surface area contributed by atoms with Crippen LogP contribution >= 0.6 is 11.8 Å². The highest BCUT2D eigenvalue weighted by Gasteiger charge is 2.30. The number of nitrogens with one attached hydrogen (secondary N) is 1. The fraction of sp³-hybridized carbons (Fsp3) is 0.167. The van der Waals surface area contributed by atoms with E-state index < -0.39 is 28.5 Å². The van der Waals surface area contributed by atoms with Gasteiger partial charge in [-0.2, -0.15) is 5.10 Å². The lowest BCUT2D eigenvalue weighted by molar-refractivity contribution is -0.384. The highest BCUT2D eigenvalue weighted by molar-refractivity contribution is 8.15. The van der Waals surface area contributed by atoms with Gasteiger partial charge in [0.2, 0.25) is 5.91 Å². The predicted molar refractivity (Wildman–Crippen MR) is 77.3 cm³/mol. The number of carboxylic acid groups (broad SMARTS) is 1. The average Bonchev–Trinajstić information content (AvgIpc) is 2.78. The molecule has 1 fully saturated rings. The van der Waals surface area contributed by atoms with Crippen molar-refractivity contribution in [3.05, 3.63) is 39.9 Å². The van der Waals surface area contributed by atoms with Gasteiger partial charge in [-0.15, -0.1) is 5.10 Å². The number of carbonyl (C=O) groups excluding carboxylic acids is 2. The molecule has 1 atom stereocenters. The predicted octanol–water partition coefficient (Wildman–Crippen LogP) is -0.344. The van der Waals surface area contributed by atoms with Gasteiger partial charge in [0.15, 0.2) is 5.17 Å². The standard InChI is InChI=1S/C12H10N4O5S/c17-10(18)5-9-11(19)14-12(22-9)15-13-6-7-2-1-3-8(4-7)16(20)21/h1-4,6,9H,5H2,(H,17,18)(H,14,15,19)/p-1/b13-6-/t9-/m0/s1. The van der Waals surface area contributed by atoms with Crippen LogP contribution in [0.5, 0.6) is 0 Å². The molecular weight excluding hydrogens is 312 g/mol. The Balaban J connectivity index is 2.03. The maximum Gasteiger partial charge on any atom is 0.270 e. The second-order valence-electron chi connectivity index (χ2n) is 4.17. The quantitative estimate of drug-likeness (QED) is 0.447. The summed E-state index contributed by atoms with van der Waals surface area (Å²) >= 11 is 0.937. The summed E-state index contributed by atoms with van der Waals surface area (Å²) in [6.07, 6.45) is 0.878. The van der Waals surface area contributed by atoms with Crippen LogP contribution < -0.4 is 10.4 Å². The first-order valence-corrected chi connectivity index (χ1v) is 6.86. The molecule has 0 saturated carbocycles. The maximum absolute atomic E-state index is 11.4. The first-order chi connectivity index (χ1) is 10.5. The Morgan fingerprint density at radius 3 is 2.95 bits per heavy atom. The van der Waals surface area contributed by atoms with E-state index in [4.69, 9.17) is 0 Å². The van der Waals surface area contributed by atoms with Gasteiger partial charge in [0, 0.05) is 30.1 Å². The summed E-state index contributed by atoms with van der Waals surface area (Å²) in [7, 11) is 0. The molecule has 0 bridgehead atoms. The number of nitro benzene ring substituents is 1. The number of nitrogens with zero attached hydrogens (tertiary/aromatic N) is 3. The molecule has 2 rings (SSSR count). The second-order valence-corrected chi connectivity index (χ2v) is 5.37. The van der Waals surface area contributed by atoms with Crippen molar-refractivity contribution < 1.29 is 19.6 Å². The summed E-state index contributed by atoms with van der Waals surface area (Å²) in [6, 6.07) is 5.79. The van der Waals surface area contributed by atoms with E-state index in [1.807, 2.05) is 0 Å². The van der Waals surface area contributed by atoms with E-state index in [9.17, 15) is 24.8 Å². The number of carbonyl (C=O) groups is 2. The molecule has 1 aromatic carbocycles. The maximum atomic E-state index is 11.4. The zero-order chi connectivity index (χ0) is 16.1. The highest BCUT2D eigenvalue weighted by Crippen LogP contribution is 2.22. The molecule has 1 aliphatic heterocycles. The van der Waals surface area contributed by atoms with Crippen LogP contribution in [0.4, 0.5) is 5.69 Å². The molecule has 1 N–H and O–H groups in total. The average molecular weight is 321 g/mol. The Labute approximate surface area is 128 Å². The monoisotopic (exact) mass is 321 g/mol. The van der Waals surface area contributed by atoms with Gasteiger partial charge in [0.05, 0.1) is 16.4 Å². The van der Waals surface area contributed by atoms with Crippen LogP contribution in [0.3, 0.4) is 0 Å². The van der Waals surface area contributed by atoms with Crippen molar-refractivity contribution in [1.29, 1.82) is 0 Å². The number of hydrogen-bond acceptors (Lipinski definition) is 8. The second kappa shape index (κ2) is 6.80. The number of non-ortho nitro benzene ring substituents is 1. The molecule has 1 aliphatic rings. The van der Waals surface area contributed by atoms with Gasteiger partial charge in [-0.05, 0) is 0 Å². The van der Waals surface area contributed by atoms with Crippen molar-refractivity contribution >= 4 is 40.7 Å². The van der Waals surface area contributed by atoms with Crippen molar-refractivity contribution in [1.82, 2.24) is 5.32 Å². The molecule has 0 spiro atoms. The van der Waals surface area contributed by atoms with Crippen LogP contribution in [0, 0.1) is 10.1 Å². The lowest BCUT2D eigenvalue weighted by Crippen LogP contribution is -2.31. The van der Waals surface area contributed by atoms with Gasteiger partial charge >= 0.3 is 0 Å². The van der Waals surface area contributed by atoms with Gasteiger partial charge in [0.25, 0.3) is 5.69 Å². The molecule has 22 heavy (non-hydrogen) atoms. The zero-order valence-corrected chi connectivity index (χ0v) is 11.8. The minimum atomic E-state index is -1.33. The normalized spacial score (nSPS) is 19.5. The zero-order valence-electron chi connectivity index (χ0n) is 11.0. The molecule has 0 aromatic heterocycles. The number of hydrogen-bond donors (Lipinski definition) is 1. The summed E-state index contributed by atoms with van der Waals surface area (Å²) in [5.74, 6) is -1.80. The minimum Gasteiger partial charge on any atom is -0.550 e. The summed E-state index contributed by atoms with van der Waals surface area (Å²) in [5.41, 5.74) is 0.397. The number of amidine groups is 1. The Bertz CT molecular complexity index is 688. The fourth-order valence-corrected chi connectivity index (χ4v) is 2.51. The van der Waals surface area contributed by atoms with E-state index in [-0.39, 0.29) is 10.9 Å². The number of carboxylic acids is 1. The summed E-state index contributed by atoms with van der Waals surface area (Å²) in [4.78, 5) is 32.0. The van der Waals surface area contributed by atoms with Gasteiger partial charge in [-0.1, -0.05) is 23.9 Å². The summed E-state index contributed by atoms with van der Waals surface area (Å²) in [5, 5.41) is 30.3. The highest BCUT2D eigenvalue weighted by atomic mass is 32.2. The number of nitro groups is 1. The molecule has 0 unspecified atom stereocenters. The van der Waals surface area contributed by atoms with Crippen molar-refractivity contribution in [2.75, 3.05) is 0 Å². The third-order valence-corrected chi connectivity index (χ3v) is 3.64. The molecular formula is C12H9N4O5S-. The molecule has 10 heteroatoms. The largest absolute Gasteiger partial charge is 0.550 e. The van der Waals surface area contributed by atoms with Crippen molar-refractivity contribution in [2.45, 2.75) is 11.7 Å². The number of aliphatic carboxylic acids is 1. The molecule has 0 radical (unpaired) electrons. The van der Waals surface area contributed by atoms with Crippen LogP contribution in [-0.4, -0.2) is 33.4 Å². The lowest BCUT2D eigenvalue weighted by atomic mass is 10.2. The van der Waals surface area contributed by atoms with Crippen LogP contribution in [0.15, 0.2) is 34.5 Å². The van der Waals surface area contributed by atoms with Crippen LogP contribution in [0.1, 0.15) is 12.0 Å². The van der Waals surface area contributed by atoms with E-state index in [2.05, 4.69) is 15.5 Å². The molecule has 114 valence electrons. The lowest BCUT2D eigenvalue weighted by Gasteiger charge is -2.04. The van der Waals surface area contributed by atoms with Gasteiger partial charge in [-0.25, -0.2) is 0 Å². The number of amides is 1. The van der Waals surface area contributed by atoms with Crippen LogP contribution in [0.25, 0.3) is 0 Å². The topological polar surface area (TPSA) is 137 Å². The molecule has 1 amide bonds. The molecule has 9 nitrogen and oxygen atoms in total. The molecule has 0 aliphatic carbocycles. The Morgan fingerprint density at radius 2 is 2.27 bits per heavy atom. The van der Waals surface area contributed by atoms with Crippen molar-refractivity contribution in [3.8, 4) is 0 Å². The Kier molecular flexibility index (Phi) is 4.84. The summed E-state index contributed by atoms with van der Waals surface area (Å²) < 4.78 is 0. The van der Waals surface area contributed by atoms with Crippen molar-refractivity contribution in [2.24, 2.45) is 10.2 Å². The third-order valence-electron chi connectivity index (χ3n) is 2.56. The molecule has 1 heterocycles. The summed E-state index contributed by atoms with van der Waals surface area (Å²) in [6.45, 7) is 0. The number of thioether (sulfide) groups is 1. The first-order valence-electron chi connectivity index (χ1n) is 5.98. The Hall–Kier alpha value is -2.75. The van der Waals surface area contributed by atoms with Gasteiger partial charge < -0.3 is 15.2 Å².